The van der Waals surface area contributed by atoms with Crippen molar-refractivity contribution in [3.05, 3.63) is 0 Å². The van der Waals surface area contributed by atoms with Crippen LogP contribution in [0.15, 0.2) is 0 Å². The van der Waals surface area contributed by atoms with Gasteiger partial charge in [0.2, 0.25) is 0 Å². The average molecular weight is 168 g/mol. The smallest absolute Gasteiger partial charge is 0.0292 e. The Labute approximate surface area is 74.9 Å². The summed E-state index contributed by atoms with van der Waals surface area (Å²) in [4.78, 5) is 0. The van der Waals surface area contributed by atoms with Gasteiger partial charge in [-0.1, -0.05) is 19.8 Å². The van der Waals surface area contributed by atoms with E-state index in [-0.39, 0.29) is 0 Å². The van der Waals surface area contributed by atoms with E-state index in [1.807, 2.05) is 0 Å². The van der Waals surface area contributed by atoms with Gasteiger partial charge in [-0.05, 0) is 37.0 Å². The fraction of sp³-hybridized carbons (Fsp3) is 1.00. The number of nitrogens with two attached hydrogens (primary N) is 1. The van der Waals surface area contributed by atoms with Crippen molar-refractivity contribution in [3.8, 4) is 0 Å². The zero-order valence-corrected chi connectivity index (χ0v) is 7.97. The minimum atomic E-state index is 0.545. The second-order valence-corrected chi connectivity index (χ2v) is 4.84. The van der Waals surface area contributed by atoms with Crippen LogP contribution in [0.4, 0.5) is 0 Å². The molecule has 70 valence electrons. The quantitative estimate of drug-likeness (QED) is 0.498. The highest BCUT2D eigenvalue weighted by atomic mass is 15.2. The molecule has 0 spiro atoms. The molecule has 1 atom stereocenters. The van der Waals surface area contributed by atoms with Crippen LogP contribution in [0, 0.1) is 11.3 Å². The Morgan fingerprint density at radius 2 is 1.92 bits per heavy atom. The summed E-state index contributed by atoms with van der Waals surface area (Å²) in [5.74, 6) is 6.49. The van der Waals surface area contributed by atoms with Gasteiger partial charge in [-0.15, -0.1) is 0 Å². The molecule has 0 saturated heterocycles. The largest absolute Gasteiger partial charge is 0.271 e. The Morgan fingerprint density at radius 1 is 1.33 bits per heavy atom. The third-order valence-corrected chi connectivity index (χ3v) is 3.84. The molecule has 12 heavy (non-hydrogen) atoms. The van der Waals surface area contributed by atoms with Crippen LogP contribution in [0.1, 0.15) is 45.4 Å². The van der Waals surface area contributed by atoms with E-state index in [9.17, 15) is 0 Å². The second kappa shape index (κ2) is 3.00. The summed E-state index contributed by atoms with van der Waals surface area (Å²) in [5, 5.41) is 0. The first-order valence-electron chi connectivity index (χ1n) is 5.22. The normalized spacial score (nSPS) is 30.5. The number of rotatable bonds is 3. The molecule has 0 aromatic carbocycles. The molecule has 1 unspecified atom stereocenters. The van der Waals surface area contributed by atoms with Gasteiger partial charge in [0.05, 0.1) is 0 Å². The average Bonchev–Trinajstić information content (AvgIpc) is 2.63. The van der Waals surface area contributed by atoms with Crippen LogP contribution in [0.25, 0.3) is 0 Å². The highest BCUT2D eigenvalue weighted by Gasteiger charge is 2.47. The Bertz CT molecular complexity index is 157. The summed E-state index contributed by atoms with van der Waals surface area (Å²) in [6, 6.07) is 0.597. The van der Waals surface area contributed by atoms with Crippen LogP contribution in [0.3, 0.4) is 0 Å². The van der Waals surface area contributed by atoms with E-state index in [1.165, 1.54) is 38.5 Å². The highest BCUT2D eigenvalue weighted by molar-refractivity contribution is 5.01. The zero-order chi connectivity index (χ0) is 8.60. The van der Waals surface area contributed by atoms with E-state index in [2.05, 4.69) is 12.3 Å². The van der Waals surface area contributed by atoms with Gasteiger partial charge in [0.1, 0.15) is 0 Å². The van der Waals surface area contributed by atoms with Crippen molar-refractivity contribution in [1.82, 2.24) is 5.43 Å². The molecule has 2 saturated carbocycles. The number of hydrogen-bond acceptors (Lipinski definition) is 2. The van der Waals surface area contributed by atoms with E-state index in [0.29, 0.717) is 11.5 Å². The van der Waals surface area contributed by atoms with Gasteiger partial charge in [-0.2, -0.15) is 0 Å². The monoisotopic (exact) mass is 168 g/mol. The summed E-state index contributed by atoms with van der Waals surface area (Å²) < 4.78 is 0. The van der Waals surface area contributed by atoms with Crippen molar-refractivity contribution in [1.29, 1.82) is 0 Å². The first-order valence-corrected chi connectivity index (χ1v) is 5.22. The molecule has 2 nitrogen and oxygen atoms in total. The highest BCUT2D eigenvalue weighted by Crippen LogP contribution is 2.52. The first-order chi connectivity index (χ1) is 5.76. The van der Waals surface area contributed by atoms with Gasteiger partial charge in [0, 0.05) is 6.04 Å². The molecule has 0 aromatic heterocycles. The molecule has 0 amide bonds. The van der Waals surface area contributed by atoms with E-state index in [0.717, 1.165) is 5.92 Å². The zero-order valence-electron chi connectivity index (χ0n) is 7.97. The second-order valence-electron chi connectivity index (χ2n) is 4.84. The van der Waals surface area contributed by atoms with Crippen molar-refractivity contribution in [2.45, 2.75) is 51.5 Å². The third-order valence-electron chi connectivity index (χ3n) is 3.84. The summed E-state index contributed by atoms with van der Waals surface area (Å²) >= 11 is 0. The van der Waals surface area contributed by atoms with Crippen LogP contribution in [0.2, 0.25) is 0 Å². The minimum absolute atomic E-state index is 0.545. The van der Waals surface area contributed by atoms with E-state index >= 15 is 0 Å². The number of hydrazine groups is 1. The molecule has 0 bridgehead atoms. The van der Waals surface area contributed by atoms with Crippen LogP contribution in [-0.2, 0) is 0 Å². The van der Waals surface area contributed by atoms with Crippen molar-refractivity contribution in [2.75, 3.05) is 0 Å². The van der Waals surface area contributed by atoms with Gasteiger partial charge in [0.25, 0.3) is 0 Å². The van der Waals surface area contributed by atoms with Gasteiger partial charge >= 0.3 is 0 Å². The molecule has 2 aliphatic carbocycles. The molecular weight excluding hydrogens is 148 g/mol. The Hall–Kier alpha value is -0.0800. The summed E-state index contributed by atoms with van der Waals surface area (Å²) in [6.07, 6.45) is 8.36. The molecule has 0 radical (unpaired) electrons. The lowest BCUT2D eigenvalue weighted by Crippen LogP contribution is -2.45. The fourth-order valence-electron chi connectivity index (χ4n) is 2.71. The molecule has 0 aliphatic heterocycles. The maximum atomic E-state index is 5.63. The van der Waals surface area contributed by atoms with Gasteiger partial charge < -0.3 is 0 Å². The summed E-state index contributed by atoms with van der Waals surface area (Å²) in [7, 11) is 0. The Kier molecular flexibility index (Phi) is 2.13. The SMILES string of the molecule is CC1(C(NN)C2CCCC2)CC1. The summed E-state index contributed by atoms with van der Waals surface area (Å²) in [6.45, 7) is 2.37. The molecular formula is C10H20N2. The van der Waals surface area contributed by atoms with E-state index in [4.69, 9.17) is 5.84 Å². The van der Waals surface area contributed by atoms with Crippen LogP contribution < -0.4 is 11.3 Å². The van der Waals surface area contributed by atoms with Crippen molar-refractivity contribution in [2.24, 2.45) is 17.2 Å². The molecule has 2 heteroatoms. The first kappa shape index (κ1) is 8.52. The maximum absolute atomic E-state index is 5.63. The maximum Gasteiger partial charge on any atom is 0.0292 e. The van der Waals surface area contributed by atoms with E-state index < -0.39 is 0 Å². The van der Waals surface area contributed by atoms with Crippen LogP contribution in [-0.4, -0.2) is 6.04 Å². The third kappa shape index (κ3) is 1.38. The molecule has 3 N–H and O–H groups in total. The van der Waals surface area contributed by atoms with Crippen molar-refractivity contribution < 1.29 is 0 Å². The standard InChI is InChI=1S/C10H20N2/c1-10(6-7-10)9(12-11)8-4-2-3-5-8/h8-9,12H,2-7,11H2,1H3. The molecule has 0 heterocycles. The predicted molar refractivity (Wildman–Crippen MR) is 50.4 cm³/mol. The lowest BCUT2D eigenvalue weighted by atomic mass is 9.86. The Balaban J connectivity index is 1.97. The lowest BCUT2D eigenvalue weighted by Gasteiger charge is -2.28. The van der Waals surface area contributed by atoms with Gasteiger partial charge in [-0.25, -0.2) is 0 Å². The van der Waals surface area contributed by atoms with Crippen molar-refractivity contribution in [3.63, 3.8) is 0 Å². The van der Waals surface area contributed by atoms with E-state index in [1.54, 1.807) is 0 Å². The van der Waals surface area contributed by atoms with Crippen molar-refractivity contribution >= 4 is 0 Å². The topological polar surface area (TPSA) is 38.0 Å². The minimum Gasteiger partial charge on any atom is -0.271 e. The molecule has 0 aromatic rings. The molecule has 2 rings (SSSR count). The molecule has 2 aliphatic rings. The fourth-order valence-corrected chi connectivity index (χ4v) is 2.71. The van der Waals surface area contributed by atoms with Crippen LogP contribution in [0.5, 0.6) is 0 Å². The Morgan fingerprint density at radius 3 is 2.33 bits per heavy atom. The van der Waals surface area contributed by atoms with Gasteiger partial charge in [-0.3, -0.25) is 11.3 Å². The lowest BCUT2D eigenvalue weighted by molar-refractivity contribution is 0.258. The summed E-state index contributed by atoms with van der Waals surface area (Å²) in [5.41, 5.74) is 3.59. The van der Waals surface area contributed by atoms with Gasteiger partial charge in [0.15, 0.2) is 0 Å². The predicted octanol–water partition coefficient (Wildman–Crippen LogP) is 1.81. The molecule has 2 fully saturated rings. The number of hydrogen-bond donors (Lipinski definition) is 2. The van der Waals surface area contributed by atoms with Crippen LogP contribution >= 0.6 is 0 Å². The number of nitrogens with one attached hydrogen (secondary N) is 1.